The van der Waals surface area contributed by atoms with E-state index in [2.05, 4.69) is 67.3 Å². The maximum Gasteiger partial charge on any atom is 0.135 e. The van der Waals surface area contributed by atoms with Crippen LogP contribution in [-0.2, 0) is 5.41 Å². The fraction of sp³-hybridized carbons (Fsp3) is 0.364. The monoisotopic (exact) mass is 363 g/mol. The lowest BCUT2D eigenvalue weighted by atomic mass is 9.76. The molecule has 1 aliphatic heterocycles. The molecule has 2 N–H and O–H groups in total. The van der Waals surface area contributed by atoms with Gasteiger partial charge in [0, 0.05) is 0 Å². The zero-order chi connectivity index (χ0) is 19.3. The van der Waals surface area contributed by atoms with Gasteiger partial charge in [-0.2, -0.15) is 5.10 Å². The number of nitrogens with zero attached hydrogens (tertiary/aromatic N) is 4. The molecule has 3 rings (SSSR count). The van der Waals surface area contributed by atoms with E-state index in [-0.39, 0.29) is 5.41 Å². The molecule has 2 aromatic rings. The molecule has 0 bridgehead atoms. The van der Waals surface area contributed by atoms with Gasteiger partial charge in [-0.25, -0.2) is 5.01 Å². The predicted octanol–water partition coefficient (Wildman–Crippen LogP) is 2.93. The fourth-order valence-electron chi connectivity index (χ4n) is 3.35. The number of rotatable bonds is 6. The number of aliphatic imine (C=N–C) groups is 1. The van der Waals surface area contributed by atoms with E-state index in [0.29, 0.717) is 13.2 Å². The molecular formula is C22H29N5. The molecule has 0 fully saturated rings. The Hall–Kier alpha value is -2.50. The molecule has 0 radical (unpaired) electrons. The van der Waals surface area contributed by atoms with Gasteiger partial charge in [0.05, 0.1) is 30.9 Å². The van der Waals surface area contributed by atoms with Crippen LogP contribution in [0.2, 0.25) is 0 Å². The van der Waals surface area contributed by atoms with E-state index in [4.69, 9.17) is 15.8 Å². The summed E-state index contributed by atoms with van der Waals surface area (Å²) in [6.07, 6.45) is 0. The summed E-state index contributed by atoms with van der Waals surface area (Å²) in [5, 5.41) is 6.97. The Kier molecular flexibility index (Phi) is 6.04. The third-order valence-corrected chi connectivity index (χ3v) is 5.18. The molecule has 2 aromatic carbocycles. The normalized spacial score (nSPS) is 20.3. The SMILES string of the molecule is CCN(C)C/N=C(\CN)N1C[C@](C)(c2ccccc2)C(c2ccccc2)=N1. The second-order valence-electron chi connectivity index (χ2n) is 7.16. The Labute approximate surface area is 162 Å². The first-order valence-electron chi connectivity index (χ1n) is 9.48. The van der Waals surface area contributed by atoms with Crippen LogP contribution in [0, 0.1) is 0 Å². The first-order chi connectivity index (χ1) is 13.1. The van der Waals surface area contributed by atoms with Crippen LogP contribution in [0.3, 0.4) is 0 Å². The summed E-state index contributed by atoms with van der Waals surface area (Å²) in [5.41, 5.74) is 9.24. The molecule has 0 unspecified atom stereocenters. The van der Waals surface area contributed by atoms with Crippen LogP contribution >= 0.6 is 0 Å². The summed E-state index contributed by atoms with van der Waals surface area (Å²) < 4.78 is 0. The summed E-state index contributed by atoms with van der Waals surface area (Å²) >= 11 is 0. The van der Waals surface area contributed by atoms with Crippen molar-refractivity contribution in [2.24, 2.45) is 15.8 Å². The van der Waals surface area contributed by atoms with Crippen LogP contribution < -0.4 is 5.73 Å². The summed E-state index contributed by atoms with van der Waals surface area (Å²) in [6, 6.07) is 20.9. The maximum absolute atomic E-state index is 6.03. The molecule has 5 heteroatoms. The number of hydrazone groups is 1. The van der Waals surface area contributed by atoms with Crippen LogP contribution in [0.5, 0.6) is 0 Å². The van der Waals surface area contributed by atoms with Gasteiger partial charge in [-0.05, 0) is 31.6 Å². The highest BCUT2D eigenvalue weighted by atomic mass is 15.5. The summed E-state index contributed by atoms with van der Waals surface area (Å²) in [7, 11) is 2.05. The number of nitrogens with two attached hydrogens (primary N) is 1. The Bertz CT molecular complexity index is 800. The van der Waals surface area contributed by atoms with E-state index in [1.54, 1.807) is 0 Å². The third kappa shape index (κ3) is 4.10. The molecule has 142 valence electrons. The van der Waals surface area contributed by atoms with Crippen molar-refractivity contribution < 1.29 is 0 Å². The molecule has 1 atom stereocenters. The Morgan fingerprint density at radius 3 is 2.37 bits per heavy atom. The first-order valence-corrected chi connectivity index (χ1v) is 9.48. The van der Waals surface area contributed by atoms with Crippen molar-refractivity contribution in [2.45, 2.75) is 19.3 Å². The molecule has 0 aliphatic carbocycles. The highest BCUT2D eigenvalue weighted by molar-refractivity contribution is 6.10. The van der Waals surface area contributed by atoms with Crippen molar-refractivity contribution in [2.75, 3.05) is 33.4 Å². The highest BCUT2D eigenvalue weighted by Crippen LogP contribution is 2.35. The Morgan fingerprint density at radius 2 is 1.78 bits per heavy atom. The van der Waals surface area contributed by atoms with Crippen molar-refractivity contribution in [3.05, 3.63) is 71.8 Å². The number of benzene rings is 2. The highest BCUT2D eigenvalue weighted by Gasteiger charge is 2.41. The Balaban J connectivity index is 2.00. The Morgan fingerprint density at radius 1 is 1.15 bits per heavy atom. The minimum Gasteiger partial charge on any atom is -0.324 e. The summed E-state index contributed by atoms with van der Waals surface area (Å²) in [6.45, 7) is 7.03. The van der Waals surface area contributed by atoms with Gasteiger partial charge in [0.2, 0.25) is 0 Å². The van der Waals surface area contributed by atoms with Crippen LogP contribution in [-0.4, -0.2) is 54.8 Å². The van der Waals surface area contributed by atoms with E-state index in [0.717, 1.165) is 30.2 Å². The predicted molar refractivity (Wildman–Crippen MR) is 113 cm³/mol. The molecule has 0 amide bonds. The maximum atomic E-state index is 6.03. The van der Waals surface area contributed by atoms with E-state index in [1.807, 2.05) is 24.2 Å². The van der Waals surface area contributed by atoms with Gasteiger partial charge in [0.25, 0.3) is 0 Å². The fourth-order valence-corrected chi connectivity index (χ4v) is 3.35. The van der Waals surface area contributed by atoms with Gasteiger partial charge >= 0.3 is 0 Å². The number of amidine groups is 1. The van der Waals surface area contributed by atoms with Crippen LogP contribution in [0.15, 0.2) is 70.8 Å². The van der Waals surface area contributed by atoms with Gasteiger partial charge in [-0.1, -0.05) is 67.6 Å². The lowest BCUT2D eigenvalue weighted by Gasteiger charge is -2.27. The largest absolute Gasteiger partial charge is 0.324 e. The van der Waals surface area contributed by atoms with Crippen molar-refractivity contribution in [3.63, 3.8) is 0 Å². The van der Waals surface area contributed by atoms with E-state index in [1.165, 1.54) is 5.56 Å². The standard InChI is InChI=1S/C22H29N5/c1-4-26(3)17-24-20(15-23)27-16-22(2,19-13-9-6-10-14-19)21(25-27)18-11-7-5-8-12-18/h5-14H,4,15-17,23H2,1-3H3/b24-20+/t22-/m1/s1. The second kappa shape index (κ2) is 8.46. The number of hydrogen-bond acceptors (Lipinski definition) is 4. The third-order valence-electron chi connectivity index (χ3n) is 5.18. The van der Waals surface area contributed by atoms with E-state index >= 15 is 0 Å². The van der Waals surface area contributed by atoms with Gasteiger partial charge in [-0.3, -0.25) is 9.89 Å². The van der Waals surface area contributed by atoms with Crippen molar-refractivity contribution >= 4 is 11.5 Å². The minimum atomic E-state index is -0.227. The average Bonchev–Trinajstić information content (AvgIpc) is 3.08. The molecule has 1 aliphatic rings. The first kappa shape index (κ1) is 19.3. The quantitative estimate of drug-likeness (QED) is 0.634. The van der Waals surface area contributed by atoms with E-state index in [9.17, 15) is 0 Å². The summed E-state index contributed by atoms with van der Waals surface area (Å²) in [4.78, 5) is 6.86. The van der Waals surface area contributed by atoms with Crippen LogP contribution in [0.1, 0.15) is 25.0 Å². The molecule has 27 heavy (non-hydrogen) atoms. The molecule has 0 spiro atoms. The molecule has 0 saturated carbocycles. The topological polar surface area (TPSA) is 57.2 Å². The van der Waals surface area contributed by atoms with Crippen molar-refractivity contribution in [1.29, 1.82) is 0 Å². The molecule has 5 nitrogen and oxygen atoms in total. The van der Waals surface area contributed by atoms with Gasteiger partial charge in [0.1, 0.15) is 5.84 Å². The zero-order valence-electron chi connectivity index (χ0n) is 16.5. The van der Waals surface area contributed by atoms with Crippen molar-refractivity contribution in [3.8, 4) is 0 Å². The summed E-state index contributed by atoms with van der Waals surface area (Å²) in [5.74, 6) is 0.823. The van der Waals surface area contributed by atoms with Crippen LogP contribution in [0.25, 0.3) is 0 Å². The lowest BCUT2D eigenvalue weighted by molar-refractivity contribution is 0.358. The smallest absolute Gasteiger partial charge is 0.135 e. The number of hydrogen-bond donors (Lipinski definition) is 1. The second-order valence-corrected chi connectivity index (χ2v) is 7.16. The average molecular weight is 364 g/mol. The van der Waals surface area contributed by atoms with Gasteiger partial charge in [-0.15, -0.1) is 0 Å². The lowest BCUT2D eigenvalue weighted by Crippen LogP contribution is -2.39. The molecule has 0 saturated heterocycles. The zero-order valence-corrected chi connectivity index (χ0v) is 16.5. The molecule has 0 aromatic heterocycles. The minimum absolute atomic E-state index is 0.227. The van der Waals surface area contributed by atoms with Crippen LogP contribution in [0.4, 0.5) is 0 Å². The van der Waals surface area contributed by atoms with Crippen molar-refractivity contribution in [1.82, 2.24) is 9.91 Å². The molecular weight excluding hydrogens is 334 g/mol. The van der Waals surface area contributed by atoms with Gasteiger partial charge < -0.3 is 5.73 Å². The van der Waals surface area contributed by atoms with E-state index < -0.39 is 0 Å². The molecule has 1 heterocycles. The van der Waals surface area contributed by atoms with Gasteiger partial charge in [0.15, 0.2) is 0 Å².